The maximum Gasteiger partial charge on any atom is 0.313 e. The predicted molar refractivity (Wildman–Crippen MR) is 109 cm³/mol. The van der Waals surface area contributed by atoms with Crippen LogP contribution in [0.1, 0.15) is 22.9 Å². The van der Waals surface area contributed by atoms with E-state index in [0.29, 0.717) is 0 Å². The number of carbonyl (C=O) groups is 2. The molecule has 3 N–H and O–H groups in total. The minimum atomic E-state index is -0.905. The zero-order valence-electron chi connectivity index (χ0n) is 16.4. The Morgan fingerprint density at radius 1 is 1.00 bits per heavy atom. The number of fused-ring (bicyclic) bond motifs is 1. The first-order valence-corrected chi connectivity index (χ1v) is 9.90. The van der Waals surface area contributed by atoms with E-state index >= 15 is 0 Å². The van der Waals surface area contributed by atoms with Gasteiger partial charge in [-0.1, -0.05) is 36.4 Å². The fourth-order valence-electron chi connectivity index (χ4n) is 3.85. The van der Waals surface area contributed by atoms with Crippen molar-refractivity contribution in [2.75, 3.05) is 18.4 Å². The van der Waals surface area contributed by atoms with Gasteiger partial charge in [0, 0.05) is 12.0 Å². The average molecular weight is 408 g/mol. The summed E-state index contributed by atoms with van der Waals surface area (Å²) in [4.78, 5) is 25.8. The summed E-state index contributed by atoms with van der Waals surface area (Å²) in [6.45, 7) is 1.92. The van der Waals surface area contributed by atoms with E-state index in [2.05, 4.69) is 22.8 Å². The Hall–Kier alpha value is -3.45. The van der Waals surface area contributed by atoms with Gasteiger partial charge in [-0.3, -0.25) is 9.59 Å². The second kappa shape index (κ2) is 8.92. The molecule has 2 atom stereocenters. The number of amides is 2. The lowest BCUT2D eigenvalue weighted by Gasteiger charge is -2.31. The smallest absolute Gasteiger partial charge is 0.313 e. The highest BCUT2D eigenvalue weighted by Crippen LogP contribution is 2.16. The molecule has 7 heteroatoms. The standard InChI is InChI=1S/C23H22FN3O3/c24-18-8-3-4-9-19(18)26-23(29)22(28)25-14-20(21-10-5-13-30-21)27-12-11-16-6-1-2-7-17(16)15-27/h1-10,13,20H,11-12,14-15H2,(H,25,28)(H,26,29)/p+1/t20-/m0/s1. The maximum atomic E-state index is 13.7. The summed E-state index contributed by atoms with van der Waals surface area (Å²) in [6, 6.07) is 17.6. The molecule has 0 saturated carbocycles. The average Bonchev–Trinajstić information content (AvgIpc) is 3.30. The molecule has 4 rings (SSSR count). The summed E-state index contributed by atoms with van der Waals surface area (Å²) >= 11 is 0. The van der Waals surface area contributed by atoms with Gasteiger partial charge in [-0.2, -0.15) is 0 Å². The van der Waals surface area contributed by atoms with E-state index in [1.807, 2.05) is 24.3 Å². The van der Waals surface area contributed by atoms with Crippen LogP contribution in [0.15, 0.2) is 71.3 Å². The monoisotopic (exact) mass is 408 g/mol. The highest BCUT2D eigenvalue weighted by Gasteiger charge is 2.31. The van der Waals surface area contributed by atoms with E-state index in [1.54, 1.807) is 12.3 Å². The van der Waals surface area contributed by atoms with Crippen molar-refractivity contribution in [2.45, 2.75) is 19.0 Å². The van der Waals surface area contributed by atoms with Crippen LogP contribution in [0.3, 0.4) is 0 Å². The van der Waals surface area contributed by atoms with Crippen molar-refractivity contribution in [1.82, 2.24) is 5.32 Å². The molecule has 1 unspecified atom stereocenters. The van der Waals surface area contributed by atoms with E-state index in [0.717, 1.165) is 25.3 Å². The number of rotatable bonds is 5. The van der Waals surface area contributed by atoms with E-state index < -0.39 is 17.6 Å². The molecular weight excluding hydrogens is 385 g/mol. The normalized spacial score (nSPS) is 16.4. The molecule has 1 aliphatic rings. The molecule has 1 aliphatic heterocycles. The highest BCUT2D eigenvalue weighted by molar-refractivity contribution is 6.39. The SMILES string of the molecule is O=C(NC[C@@H](c1ccco1)[NH+]1CCc2ccccc2C1)C(=O)Nc1ccccc1F. The van der Waals surface area contributed by atoms with Crippen molar-refractivity contribution in [3.8, 4) is 0 Å². The molecule has 0 aliphatic carbocycles. The van der Waals surface area contributed by atoms with Crippen LogP contribution < -0.4 is 15.5 Å². The first-order valence-electron chi connectivity index (χ1n) is 9.90. The van der Waals surface area contributed by atoms with Gasteiger partial charge in [0.2, 0.25) is 0 Å². The van der Waals surface area contributed by atoms with Crippen LogP contribution in [0.5, 0.6) is 0 Å². The van der Waals surface area contributed by atoms with Crippen LogP contribution in [0.25, 0.3) is 0 Å². The minimum Gasteiger partial charge on any atom is -0.463 e. The third kappa shape index (κ3) is 4.41. The number of hydrogen-bond acceptors (Lipinski definition) is 3. The largest absolute Gasteiger partial charge is 0.463 e. The molecule has 6 nitrogen and oxygen atoms in total. The lowest BCUT2D eigenvalue weighted by Crippen LogP contribution is -3.12. The van der Waals surface area contributed by atoms with Crippen molar-refractivity contribution in [1.29, 1.82) is 0 Å². The van der Waals surface area contributed by atoms with Gasteiger partial charge >= 0.3 is 11.8 Å². The summed E-state index contributed by atoms with van der Waals surface area (Å²) in [5, 5.41) is 4.98. The zero-order chi connectivity index (χ0) is 20.9. The van der Waals surface area contributed by atoms with E-state index in [9.17, 15) is 14.0 Å². The van der Waals surface area contributed by atoms with Crippen LogP contribution in [0.2, 0.25) is 0 Å². The number of quaternary nitrogens is 1. The first-order chi connectivity index (χ1) is 14.6. The summed E-state index contributed by atoms with van der Waals surface area (Å²) < 4.78 is 19.3. The zero-order valence-corrected chi connectivity index (χ0v) is 16.4. The fourth-order valence-corrected chi connectivity index (χ4v) is 3.85. The van der Waals surface area contributed by atoms with Crippen LogP contribution in [0, 0.1) is 5.82 Å². The molecule has 3 aromatic rings. The number of halogens is 1. The van der Waals surface area contributed by atoms with Gasteiger partial charge in [0.15, 0.2) is 11.8 Å². The van der Waals surface area contributed by atoms with Gasteiger partial charge in [0.05, 0.1) is 25.0 Å². The number of anilines is 1. The molecule has 1 aromatic heterocycles. The van der Waals surface area contributed by atoms with Gasteiger partial charge in [0.1, 0.15) is 12.4 Å². The van der Waals surface area contributed by atoms with Gasteiger partial charge in [-0.25, -0.2) is 4.39 Å². The number of benzene rings is 2. The quantitative estimate of drug-likeness (QED) is 0.564. The summed E-state index contributed by atoms with van der Waals surface area (Å²) in [6.07, 6.45) is 2.54. The Bertz CT molecular complexity index is 1040. The van der Waals surface area contributed by atoms with Crippen LogP contribution >= 0.6 is 0 Å². The minimum absolute atomic E-state index is 0.0292. The molecular formula is C23H23FN3O3+. The number of carbonyl (C=O) groups excluding carboxylic acids is 2. The second-order valence-corrected chi connectivity index (χ2v) is 7.32. The predicted octanol–water partition coefficient (Wildman–Crippen LogP) is 1.86. The molecule has 0 saturated heterocycles. The summed E-state index contributed by atoms with van der Waals surface area (Å²) in [5.41, 5.74) is 2.59. The molecule has 30 heavy (non-hydrogen) atoms. The van der Waals surface area contributed by atoms with E-state index in [1.165, 1.54) is 34.2 Å². The molecule has 2 heterocycles. The number of hydrogen-bond donors (Lipinski definition) is 3. The Labute approximate surface area is 173 Å². The number of furan rings is 1. The molecule has 2 amide bonds. The van der Waals surface area contributed by atoms with E-state index in [4.69, 9.17) is 4.42 Å². The van der Waals surface area contributed by atoms with Crippen molar-refractivity contribution < 1.29 is 23.3 Å². The van der Waals surface area contributed by atoms with Crippen molar-refractivity contribution in [2.24, 2.45) is 0 Å². The fraction of sp³-hybridized carbons (Fsp3) is 0.217. The van der Waals surface area contributed by atoms with Crippen molar-refractivity contribution in [3.63, 3.8) is 0 Å². The maximum absolute atomic E-state index is 13.7. The lowest BCUT2D eigenvalue weighted by atomic mass is 9.98. The van der Waals surface area contributed by atoms with Crippen molar-refractivity contribution >= 4 is 17.5 Å². The second-order valence-electron chi connectivity index (χ2n) is 7.32. The Morgan fingerprint density at radius 3 is 2.53 bits per heavy atom. The molecule has 154 valence electrons. The molecule has 0 spiro atoms. The van der Waals surface area contributed by atoms with Gasteiger partial charge in [-0.05, 0) is 29.8 Å². The van der Waals surface area contributed by atoms with Crippen molar-refractivity contribution in [3.05, 3.63) is 89.6 Å². The van der Waals surface area contributed by atoms with Crippen LogP contribution in [-0.4, -0.2) is 24.9 Å². The Kier molecular flexibility index (Phi) is 5.90. The summed E-state index contributed by atoms with van der Waals surface area (Å²) in [5.74, 6) is -1.56. The Morgan fingerprint density at radius 2 is 1.77 bits per heavy atom. The van der Waals surface area contributed by atoms with Gasteiger partial charge in [-0.15, -0.1) is 0 Å². The number of nitrogens with one attached hydrogen (secondary N) is 3. The summed E-state index contributed by atoms with van der Waals surface area (Å²) in [7, 11) is 0. The van der Waals surface area contributed by atoms with Crippen LogP contribution in [0.4, 0.5) is 10.1 Å². The molecule has 0 fully saturated rings. The van der Waals surface area contributed by atoms with Crippen LogP contribution in [-0.2, 0) is 22.6 Å². The van der Waals surface area contributed by atoms with E-state index in [-0.39, 0.29) is 18.3 Å². The Balaban J connectivity index is 1.43. The third-order valence-electron chi connectivity index (χ3n) is 5.43. The highest BCUT2D eigenvalue weighted by atomic mass is 19.1. The number of para-hydroxylation sites is 1. The molecule has 0 bridgehead atoms. The third-order valence-corrected chi connectivity index (χ3v) is 5.43. The topological polar surface area (TPSA) is 75.8 Å². The van der Waals surface area contributed by atoms with Gasteiger partial charge in [0.25, 0.3) is 0 Å². The van der Waals surface area contributed by atoms with Gasteiger partial charge < -0.3 is 20.0 Å². The lowest BCUT2D eigenvalue weighted by molar-refractivity contribution is -0.946. The first kappa shape index (κ1) is 19.8. The molecule has 0 radical (unpaired) electrons. The molecule has 2 aromatic carbocycles.